The van der Waals surface area contributed by atoms with Crippen molar-refractivity contribution in [2.45, 2.75) is 54.4 Å². The van der Waals surface area contributed by atoms with E-state index in [4.69, 9.17) is 0 Å². The van der Waals surface area contributed by atoms with Crippen molar-refractivity contribution >= 4 is 0 Å². The number of hydrogen-bond donors (Lipinski definition) is 0. The summed E-state index contributed by atoms with van der Waals surface area (Å²) in [5.74, 6) is 0. The average molecular weight is 475 g/mol. The predicted octanol–water partition coefficient (Wildman–Crippen LogP) is -6.82. The van der Waals surface area contributed by atoms with Gasteiger partial charge < -0.3 is 49.6 Å². The fourth-order valence-corrected chi connectivity index (χ4v) is 2.06. The van der Waals surface area contributed by atoms with Crippen molar-refractivity contribution in [2.75, 3.05) is 0 Å². The minimum Gasteiger partial charge on any atom is -1.00 e. The molecule has 0 aromatic heterocycles. The van der Waals surface area contributed by atoms with E-state index in [-0.39, 0.29) is 75.8 Å². The van der Waals surface area contributed by atoms with Gasteiger partial charge >= 0.3 is 26.2 Å². The molecule has 0 nitrogen and oxygen atoms in total. The van der Waals surface area contributed by atoms with E-state index in [1.54, 1.807) is 0 Å². The van der Waals surface area contributed by atoms with Gasteiger partial charge in [0.2, 0.25) is 0 Å². The van der Waals surface area contributed by atoms with Crippen LogP contribution in [0.5, 0.6) is 0 Å². The van der Waals surface area contributed by atoms with E-state index < -0.39 is 0 Å². The third-order valence-electron chi connectivity index (χ3n) is 3.67. The van der Waals surface area contributed by atoms with Crippen molar-refractivity contribution in [3.63, 3.8) is 0 Å². The Hall–Kier alpha value is 0.743. The van der Waals surface area contributed by atoms with Crippen molar-refractivity contribution in [1.29, 1.82) is 0 Å². The van der Waals surface area contributed by atoms with Crippen LogP contribution in [0.1, 0.15) is 47.2 Å². The second-order valence-electron chi connectivity index (χ2n) is 5.17. The van der Waals surface area contributed by atoms with Gasteiger partial charge in [-0.3, -0.25) is 0 Å². The minimum atomic E-state index is 0. The summed E-state index contributed by atoms with van der Waals surface area (Å²) in [4.78, 5) is 0. The Morgan fingerprint density at radius 2 is 0.957 bits per heavy atom. The van der Waals surface area contributed by atoms with Crippen LogP contribution < -0.4 is 49.6 Å². The van der Waals surface area contributed by atoms with Gasteiger partial charge in [-0.2, -0.15) is 45.5 Å². The molecule has 0 heterocycles. The molecule has 0 aliphatic carbocycles. The normalized spacial score (nSPS) is 7.91. The van der Waals surface area contributed by atoms with Crippen LogP contribution in [-0.4, -0.2) is 0 Å². The SMILES string of the molecule is CCc1cc(C)[c-](C)c1.CCc1cc(C)[c-](C)c1.[Cl-].[Cl-].[Cl-].[Cl-].[Zr+4]. The van der Waals surface area contributed by atoms with E-state index in [0.717, 1.165) is 12.8 Å². The van der Waals surface area contributed by atoms with Crippen LogP contribution in [-0.2, 0) is 39.0 Å². The maximum absolute atomic E-state index is 2.26. The van der Waals surface area contributed by atoms with Gasteiger partial charge in [0.25, 0.3) is 0 Å². The molecule has 0 bridgehead atoms. The standard InChI is InChI=1S/2C9H13.4ClH.Zr/c2*1-4-9-5-7(2)8(3)6-9;;;;;/h2*5-6H,4H2,1-3H3;4*1H;/q2*-1;;;;;+4/p-4. The third kappa shape index (κ3) is 11.8. The molecule has 0 saturated carbocycles. The summed E-state index contributed by atoms with van der Waals surface area (Å²) in [6.07, 6.45) is 2.32. The van der Waals surface area contributed by atoms with Crippen LogP contribution in [0.3, 0.4) is 0 Å². The van der Waals surface area contributed by atoms with Crippen molar-refractivity contribution in [2.24, 2.45) is 0 Å². The van der Waals surface area contributed by atoms with Crippen LogP contribution in [0.25, 0.3) is 0 Å². The van der Waals surface area contributed by atoms with Gasteiger partial charge in [0.1, 0.15) is 0 Å². The van der Waals surface area contributed by atoms with Crippen molar-refractivity contribution < 1.29 is 75.8 Å². The van der Waals surface area contributed by atoms with E-state index in [0.29, 0.717) is 0 Å². The Balaban J connectivity index is -0.0000000771. The molecule has 23 heavy (non-hydrogen) atoms. The molecule has 2 aromatic rings. The first-order valence-electron chi connectivity index (χ1n) is 6.93. The van der Waals surface area contributed by atoms with Crippen molar-refractivity contribution in [3.05, 3.63) is 57.6 Å². The number of aryl methyl sites for hydroxylation is 6. The molecule has 0 saturated heterocycles. The zero-order valence-corrected chi connectivity index (χ0v) is 20.2. The number of hydrogen-bond acceptors (Lipinski definition) is 0. The first-order valence-corrected chi connectivity index (χ1v) is 6.93. The number of halogens is 4. The first-order chi connectivity index (χ1) is 8.47. The molecular formula is C18H26Cl4Zr-2. The Labute approximate surface area is 186 Å². The summed E-state index contributed by atoms with van der Waals surface area (Å²) in [5, 5.41) is 0. The van der Waals surface area contributed by atoms with Crippen LogP contribution in [0.4, 0.5) is 0 Å². The molecule has 0 fully saturated rings. The maximum atomic E-state index is 2.26. The van der Waals surface area contributed by atoms with E-state index in [1.807, 2.05) is 0 Å². The van der Waals surface area contributed by atoms with Crippen molar-refractivity contribution in [3.8, 4) is 0 Å². The van der Waals surface area contributed by atoms with Gasteiger partial charge in [0.15, 0.2) is 0 Å². The maximum Gasteiger partial charge on any atom is 4.00 e. The van der Waals surface area contributed by atoms with Crippen LogP contribution in [0.2, 0.25) is 0 Å². The molecule has 5 heteroatoms. The predicted molar refractivity (Wildman–Crippen MR) is 81.8 cm³/mol. The van der Waals surface area contributed by atoms with Gasteiger partial charge in [0.05, 0.1) is 0 Å². The molecule has 0 N–H and O–H groups in total. The Kier molecular flexibility index (Phi) is 26.7. The molecule has 132 valence electrons. The van der Waals surface area contributed by atoms with E-state index in [9.17, 15) is 0 Å². The number of rotatable bonds is 2. The first kappa shape index (κ1) is 35.0. The van der Waals surface area contributed by atoms with Crippen molar-refractivity contribution in [1.82, 2.24) is 0 Å². The Morgan fingerprint density at radius 1 is 0.696 bits per heavy atom. The van der Waals surface area contributed by atoms with Crippen LogP contribution in [0.15, 0.2) is 24.3 Å². The van der Waals surface area contributed by atoms with E-state index in [1.165, 1.54) is 33.4 Å². The molecule has 0 spiro atoms. The van der Waals surface area contributed by atoms with Gasteiger partial charge in [-0.25, -0.2) is 12.1 Å². The van der Waals surface area contributed by atoms with Gasteiger partial charge in [-0.15, -0.1) is 0 Å². The largest absolute Gasteiger partial charge is 4.00 e. The molecule has 0 aliphatic rings. The summed E-state index contributed by atoms with van der Waals surface area (Å²) in [6, 6.07) is 9.04. The van der Waals surface area contributed by atoms with Gasteiger partial charge in [-0.05, 0) is 0 Å². The van der Waals surface area contributed by atoms with Crippen LogP contribution >= 0.6 is 0 Å². The fourth-order valence-electron chi connectivity index (χ4n) is 2.06. The van der Waals surface area contributed by atoms with Gasteiger partial charge in [0, 0.05) is 0 Å². The summed E-state index contributed by atoms with van der Waals surface area (Å²) in [5.41, 5.74) is 8.62. The minimum absolute atomic E-state index is 0. The smallest absolute Gasteiger partial charge is 1.00 e. The topological polar surface area (TPSA) is 0 Å². The van der Waals surface area contributed by atoms with E-state index in [2.05, 4.69) is 65.8 Å². The summed E-state index contributed by atoms with van der Waals surface area (Å²) in [7, 11) is 0. The zero-order chi connectivity index (χ0) is 13.7. The zero-order valence-electron chi connectivity index (χ0n) is 14.7. The molecule has 0 atom stereocenters. The second-order valence-corrected chi connectivity index (χ2v) is 5.17. The molecule has 0 unspecified atom stereocenters. The molecule has 2 aromatic carbocycles. The Morgan fingerprint density at radius 3 is 1.04 bits per heavy atom. The monoisotopic (exact) mass is 472 g/mol. The molecule has 0 amide bonds. The Bertz CT molecular complexity index is 416. The molecule has 0 aliphatic heterocycles. The molecule has 2 rings (SSSR count). The second kappa shape index (κ2) is 17.6. The average Bonchev–Trinajstić information content (AvgIpc) is 2.84. The van der Waals surface area contributed by atoms with Crippen LogP contribution in [0, 0.1) is 27.7 Å². The summed E-state index contributed by atoms with van der Waals surface area (Å²) in [6.45, 7) is 13.0. The molecular weight excluding hydrogens is 449 g/mol. The van der Waals surface area contributed by atoms with Gasteiger partial charge in [-0.1, -0.05) is 54.4 Å². The third-order valence-corrected chi connectivity index (χ3v) is 3.67. The quantitative estimate of drug-likeness (QED) is 0.379. The fraction of sp³-hybridized carbons (Fsp3) is 0.444. The van der Waals surface area contributed by atoms with E-state index >= 15 is 0 Å². The summed E-state index contributed by atoms with van der Waals surface area (Å²) >= 11 is 0. The summed E-state index contributed by atoms with van der Waals surface area (Å²) < 4.78 is 0. The molecule has 0 radical (unpaired) electrons.